The van der Waals surface area contributed by atoms with Crippen molar-refractivity contribution >= 4 is 45.7 Å². The smallest absolute Gasteiger partial charge is 0.323 e. The zero-order valence-electron chi connectivity index (χ0n) is 16.6. The first-order valence-corrected chi connectivity index (χ1v) is 10.5. The second-order valence-corrected chi connectivity index (χ2v) is 7.87. The molecule has 154 valence electrons. The molecule has 4 aromatic rings. The molecule has 0 radical (unpaired) electrons. The molecule has 6 nitrogen and oxygen atoms in total. The minimum absolute atomic E-state index is 0.285. The second-order valence-electron chi connectivity index (χ2n) is 7.49. The van der Waals surface area contributed by atoms with E-state index in [4.69, 9.17) is 16.6 Å². The maximum atomic E-state index is 12.2. The Hall–Kier alpha value is -3.64. The topological polar surface area (TPSA) is 78.9 Å². The molecule has 1 unspecified atom stereocenters. The quantitative estimate of drug-likeness (QED) is 0.346. The predicted octanol–water partition coefficient (Wildman–Crippen LogP) is 6.03. The van der Waals surface area contributed by atoms with Crippen molar-refractivity contribution in [3.8, 4) is 0 Å². The Morgan fingerprint density at radius 3 is 2.68 bits per heavy atom. The average Bonchev–Trinajstić information content (AvgIpc) is 3.18. The van der Waals surface area contributed by atoms with Crippen LogP contribution in [-0.4, -0.2) is 16.0 Å². The van der Waals surface area contributed by atoms with E-state index in [2.05, 4.69) is 45.2 Å². The fourth-order valence-electron chi connectivity index (χ4n) is 3.91. The van der Waals surface area contributed by atoms with Crippen LogP contribution >= 0.6 is 11.6 Å². The number of aryl methyl sites for hydroxylation is 1. The molecule has 1 aliphatic rings. The summed E-state index contributed by atoms with van der Waals surface area (Å²) >= 11 is 5.76. The molecule has 1 aliphatic carbocycles. The van der Waals surface area contributed by atoms with Crippen molar-refractivity contribution in [2.75, 3.05) is 16.0 Å². The van der Waals surface area contributed by atoms with Crippen LogP contribution in [0.3, 0.4) is 0 Å². The van der Waals surface area contributed by atoms with Gasteiger partial charge in [-0.1, -0.05) is 35.9 Å². The lowest BCUT2D eigenvalue weighted by molar-refractivity contribution is 0.262. The fraction of sp³-hybridized carbons (Fsp3) is 0.125. The third-order valence-electron chi connectivity index (χ3n) is 5.39. The van der Waals surface area contributed by atoms with Crippen LogP contribution in [0, 0.1) is 0 Å². The van der Waals surface area contributed by atoms with Crippen LogP contribution in [0.5, 0.6) is 0 Å². The first kappa shape index (κ1) is 19.3. The largest absolute Gasteiger partial charge is 0.363 e. The van der Waals surface area contributed by atoms with Crippen LogP contribution in [0.1, 0.15) is 23.6 Å². The Labute approximate surface area is 184 Å². The molecule has 7 heteroatoms. The Balaban J connectivity index is 1.28. The van der Waals surface area contributed by atoms with Gasteiger partial charge >= 0.3 is 6.03 Å². The Morgan fingerprint density at radius 2 is 1.81 bits per heavy atom. The number of benzene rings is 2. The van der Waals surface area contributed by atoms with Crippen molar-refractivity contribution < 1.29 is 4.79 Å². The first-order chi connectivity index (χ1) is 15.1. The molecule has 2 aromatic heterocycles. The van der Waals surface area contributed by atoms with E-state index in [9.17, 15) is 4.79 Å². The van der Waals surface area contributed by atoms with Crippen molar-refractivity contribution in [3.63, 3.8) is 0 Å². The van der Waals surface area contributed by atoms with Crippen molar-refractivity contribution in [3.05, 3.63) is 89.2 Å². The van der Waals surface area contributed by atoms with Crippen LogP contribution in [-0.2, 0) is 6.42 Å². The van der Waals surface area contributed by atoms with Crippen LogP contribution in [0.4, 0.5) is 22.0 Å². The van der Waals surface area contributed by atoms with Crippen molar-refractivity contribution in [2.24, 2.45) is 0 Å². The van der Waals surface area contributed by atoms with Gasteiger partial charge in [0.1, 0.15) is 11.0 Å². The maximum absolute atomic E-state index is 12.2. The number of rotatable bonds is 4. The van der Waals surface area contributed by atoms with Crippen LogP contribution in [0.2, 0.25) is 5.15 Å². The highest BCUT2D eigenvalue weighted by atomic mass is 35.5. The monoisotopic (exact) mass is 429 g/mol. The molecule has 0 aliphatic heterocycles. The van der Waals surface area contributed by atoms with Gasteiger partial charge < -0.3 is 16.0 Å². The first-order valence-electron chi connectivity index (χ1n) is 10.1. The zero-order chi connectivity index (χ0) is 21.2. The van der Waals surface area contributed by atoms with E-state index in [0.29, 0.717) is 16.5 Å². The Kier molecular flexibility index (Phi) is 5.14. The van der Waals surface area contributed by atoms with E-state index in [0.717, 1.165) is 29.6 Å². The van der Waals surface area contributed by atoms with Gasteiger partial charge in [0.05, 0.1) is 23.4 Å². The number of pyridine rings is 2. The van der Waals surface area contributed by atoms with Gasteiger partial charge in [-0.3, -0.25) is 0 Å². The molecule has 2 aromatic carbocycles. The highest BCUT2D eigenvalue weighted by Crippen LogP contribution is 2.33. The maximum Gasteiger partial charge on any atom is 0.323 e. The third kappa shape index (κ3) is 4.29. The summed E-state index contributed by atoms with van der Waals surface area (Å²) in [6.45, 7) is 0. The van der Waals surface area contributed by atoms with Gasteiger partial charge in [-0.25, -0.2) is 14.8 Å². The Morgan fingerprint density at radius 1 is 0.968 bits per heavy atom. The number of carbonyl (C=O) groups excluding carboxylic acids is 1. The van der Waals surface area contributed by atoms with E-state index in [-0.39, 0.29) is 12.1 Å². The molecule has 1 atom stereocenters. The van der Waals surface area contributed by atoms with Gasteiger partial charge in [-0.15, -0.1) is 0 Å². The normalized spacial score (nSPS) is 14.8. The van der Waals surface area contributed by atoms with E-state index >= 15 is 0 Å². The standard InChI is InChI=1S/C24H20ClN5O/c25-22-11-8-18(14-26-22)28-24(31)27-17-7-10-20-16(13-17)6-12-23(29-20)30-21-9-5-15-3-1-2-4-19(15)21/h1-4,6-8,10-14,21H,5,9H2,(H,29,30)(H2,27,28,31). The number of fused-ring (bicyclic) bond motifs is 2. The number of nitrogens with one attached hydrogen (secondary N) is 3. The summed E-state index contributed by atoms with van der Waals surface area (Å²) < 4.78 is 0. The van der Waals surface area contributed by atoms with Crippen molar-refractivity contribution in [1.29, 1.82) is 0 Å². The van der Waals surface area contributed by atoms with Gasteiger partial charge in [0.25, 0.3) is 0 Å². The summed E-state index contributed by atoms with van der Waals surface area (Å²) in [4.78, 5) is 20.9. The summed E-state index contributed by atoms with van der Waals surface area (Å²) in [6.07, 6.45) is 3.66. The molecule has 5 rings (SSSR count). The fourth-order valence-corrected chi connectivity index (χ4v) is 4.02. The molecule has 2 amide bonds. The minimum Gasteiger partial charge on any atom is -0.363 e. The molecule has 0 spiro atoms. The van der Waals surface area contributed by atoms with Gasteiger partial charge in [-0.2, -0.15) is 0 Å². The average molecular weight is 430 g/mol. The zero-order valence-corrected chi connectivity index (χ0v) is 17.4. The van der Waals surface area contributed by atoms with Gasteiger partial charge in [0.2, 0.25) is 0 Å². The summed E-state index contributed by atoms with van der Waals surface area (Å²) in [7, 11) is 0. The molecule has 0 saturated carbocycles. The van der Waals surface area contributed by atoms with Crippen molar-refractivity contribution in [2.45, 2.75) is 18.9 Å². The van der Waals surface area contributed by atoms with Gasteiger partial charge in [-0.05, 0) is 66.4 Å². The summed E-state index contributed by atoms with van der Waals surface area (Å²) in [5.41, 5.74) is 4.87. The number of urea groups is 1. The molecule has 2 heterocycles. The SMILES string of the molecule is O=C(Nc1ccc(Cl)nc1)Nc1ccc2nc(NC3CCc4ccccc43)ccc2c1. The summed E-state index contributed by atoms with van der Waals surface area (Å²) in [5, 5.41) is 10.4. The third-order valence-corrected chi connectivity index (χ3v) is 5.61. The predicted molar refractivity (Wildman–Crippen MR) is 125 cm³/mol. The molecular weight excluding hydrogens is 410 g/mol. The second kappa shape index (κ2) is 8.24. The number of carbonyl (C=O) groups is 1. The summed E-state index contributed by atoms with van der Waals surface area (Å²) in [6, 6.07) is 21.4. The lowest BCUT2D eigenvalue weighted by atomic mass is 10.1. The highest BCUT2D eigenvalue weighted by Gasteiger charge is 2.21. The lowest BCUT2D eigenvalue weighted by Crippen LogP contribution is -2.19. The van der Waals surface area contributed by atoms with E-state index < -0.39 is 0 Å². The Bertz CT molecular complexity index is 1260. The molecular formula is C24H20ClN5O. The molecule has 31 heavy (non-hydrogen) atoms. The van der Waals surface area contributed by atoms with Gasteiger partial charge in [0, 0.05) is 11.1 Å². The van der Waals surface area contributed by atoms with E-state index in [1.807, 2.05) is 30.3 Å². The lowest BCUT2D eigenvalue weighted by Gasteiger charge is -2.15. The minimum atomic E-state index is -0.352. The molecule has 0 saturated heterocycles. The van der Waals surface area contributed by atoms with Gasteiger partial charge in [0.15, 0.2) is 0 Å². The molecule has 3 N–H and O–H groups in total. The number of halogens is 1. The van der Waals surface area contributed by atoms with Crippen molar-refractivity contribution in [1.82, 2.24) is 9.97 Å². The van der Waals surface area contributed by atoms with Crippen LogP contribution < -0.4 is 16.0 Å². The molecule has 0 fully saturated rings. The number of nitrogens with zero attached hydrogens (tertiary/aromatic N) is 2. The van der Waals surface area contributed by atoms with Crippen LogP contribution in [0.15, 0.2) is 72.9 Å². The summed E-state index contributed by atoms with van der Waals surface area (Å²) in [5.74, 6) is 0.850. The van der Waals surface area contributed by atoms with E-state index in [1.54, 1.807) is 12.1 Å². The molecule has 0 bridgehead atoms. The van der Waals surface area contributed by atoms with Crippen LogP contribution in [0.25, 0.3) is 10.9 Å². The van der Waals surface area contributed by atoms with E-state index in [1.165, 1.54) is 17.3 Å². The number of hydrogen-bond acceptors (Lipinski definition) is 4. The number of anilines is 3. The number of hydrogen-bond donors (Lipinski definition) is 3. The number of amides is 2. The number of aromatic nitrogens is 2. The highest BCUT2D eigenvalue weighted by molar-refractivity contribution is 6.29.